The number of carbonyl (C=O) groups excluding carboxylic acids is 1. The monoisotopic (exact) mass is 414 g/mol. The number of amides is 1. The Kier molecular flexibility index (Phi) is 5.81. The first kappa shape index (κ1) is 20.7. The highest BCUT2D eigenvalue weighted by Gasteiger charge is 2.21. The molecule has 3 rings (SSSR count). The maximum Gasteiger partial charge on any atom is 0.254 e. The summed E-state index contributed by atoms with van der Waals surface area (Å²) in [5.74, 6) is 0.394. The van der Waals surface area contributed by atoms with Gasteiger partial charge in [-0.05, 0) is 30.7 Å². The van der Waals surface area contributed by atoms with Crippen LogP contribution in [0.2, 0.25) is 0 Å². The van der Waals surface area contributed by atoms with Crippen molar-refractivity contribution in [2.45, 2.75) is 18.4 Å². The van der Waals surface area contributed by atoms with E-state index in [0.717, 1.165) is 15.4 Å². The van der Waals surface area contributed by atoms with Crippen molar-refractivity contribution >= 4 is 15.9 Å². The van der Waals surface area contributed by atoms with Gasteiger partial charge in [0.15, 0.2) is 0 Å². The number of benzene rings is 2. The summed E-state index contributed by atoms with van der Waals surface area (Å²) < 4.78 is 31.0. The molecule has 152 valence electrons. The molecule has 0 aliphatic carbocycles. The largest absolute Gasteiger partial charge is 0.337 e. The first-order chi connectivity index (χ1) is 13.7. The fourth-order valence-corrected chi connectivity index (χ4v) is 3.70. The molecule has 1 aromatic heterocycles. The summed E-state index contributed by atoms with van der Waals surface area (Å²) in [6.45, 7) is 2.05. The SMILES string of the molecule is Cc1ccccc1-c1noc(CN(C)C(=O)c2cccc(S(=O)(=O)N(C)C)c2)n1. The molecule has 0 saturated carbocycles. The van der Waals surface area contributed by atoms with Gasteiger partial charge in [0.05, 0.1) is 11.4 Å². The number of hydrogen-bond acceptors (Lipinski definition) is 6. The number of carbonyl (C=O) groups is 1. The first-order valence-electron chi connectivity index (χ1n) is 8.87. The Morgan fingerprint density at radius 1 is 1.07 bits per heavy atom. The molecule has 9 heteroatoms. The predicted octanol–water partition coefficient (Wildman–Crippen LogP) is 2.57. The summed E-state index contributed by atoms with van der Waals surface area (Å²) in [4.78, 5) is 18.6. The third kappa shape index (κ3) is 4.36. The fourth-order valence-electron chi connectivity index (χ4n) is 2.75. The standard InChI is InChI=1S/C20H22N4O4S/c1-14-8-5-6-11-17(14)19-21-18(28-22-19)13-24(4)20(25)15-9-7-10-16(12-15)29(26,27)23(2)3/h5-12H,13H2,1-4H3. The average molecular weight is 414 g/mol. The van der Waals surface area contributed by atoms with E-state index in [-0.39, 0.29) is 28.8 Å². The number of aromatic nitrogens is 2. The van der Waals surface area contributed by atoms with Gasteiger partial charge < -0.3 is 9.42 Å². The second-order valence-corrected chi connectivity index (χ2v) is 8.95. The lowest BCUT2D eigenvalue weighted by Crippen LogP contribution is -2.27. The van der Waals surface area contributed by atoms with E-state index < -0.39 is 10.0 Å². The fraction of sp³-hybridized carbons (Fsp3) is 0.250. The van der Waals surface area contributed by atoms with Gasteiger partial charge >= 0.3 is 0 Å². The van der Waals surface area contributed by atoms with Crippen LogP contribution in [-0.4, -0.2) is 54.8 Å². The van der Waals surface area contributed by atoms with Crippen LogP contribution < -0.4 is 0 Å². The Labute approximate surface area is 169 Å². The summed E-state index contributed by atoms with van der Waals surface area (Å²) in [7, 11) is 0.847. The van der Waals surface area contributed by atoms with Crippen molar-refractivity contribution in [1.82, 2.24) is 19.3 Å². The van der Waals surface area contributed by atoms with Crippen LogP contribution >= 0.6 is 0 Å². The summed E-state index contributed by atoms with van der Waals surface area (Å²) >= 11 is 0. The second kappa shape index (κ2) is 8.14. The van der Waals surface area contributed by atoms with Crippen LogP contribution in [0.3, 0.4) is 0 Å². The minimum Gasteiger partial charge on any atom is -0.337 e. The Balaban J connectivity index is 1.78. The van der Waals surface area contributed by atoms with Crippen LogP contribution in [0.5, 0.6) is 0 Å². The molecule has 1 amide bonds. The van der Waals surface area contributed by atoms with Gasteiger partial charge in [0.1, 0.15) is 0 Å². The third-order valence-electron chi connectivity index (χ3n) is 4.43. The molecule has 0 saturated heterocycles. The van der Waals surface area contributed by atoms with Gasteiger partial charge in [-0.15, -0.1) is 0 Å². The van der Waals surface area contributed by atoms with Crippen molar-refractivity contribution in [3.05, 3.63) is 65.5 Å². The van der Waals surface area contributed by atoms with Crippen molar-refractivity contribution in [2.75, 3.05) is 21.1 Å². The van der Waals surface area contributed by atoms with Crippen LogP contribution in [0.1, 0.15) is 21.8 Å². The lowest BCUT2D eigenvalue weighted by molar-refractivity contribution is 0.0769. The molecule has 0 aliphatic heterocycles. The molecule has 3 aromatic rings. The van der Waals surface area contributed by atoms with Gasteiger partial charge in [-0.2, -0.15) is 4.98 Å². The van der Waals surface area contributed by atoms with Gasteiger partial charge in [0.2, 0.25) is 21.7 Å². The Morgan fingerprint density at radius 3 is 2.48 bits per heavy atom. The van der Waals surface area contributed by atoms with E-state index in [0.29, 0.717) is 5.82 Å². The molecule has 0 spiro atoms. The zero-order chi connectivity index (χ0) is 21.2. The zero-order valence-corrected chi connectivity index (χ0v) is 17.5. The van der Waals surface area contributed by atoms with E-state index in [1.807, 2.05) is 31.2 Å². The Hall–Kier alpha value is -3.04. The van der Waals surface area contributed by atoms with Crippen LogP contribution in [0.15, 0.2) is 57.9 Å². The Morgan fingerprint density at radius 2 is 1.79 bits per heavy atom. The molecule has 0 bridgehead atoms. The Bertz CT molecular complexity index is 1140. The van der Waals surface area contributed by atoms with E-state index in [2.05, 4.69) is 10.1 Å². The van der Waals surface area contributed by atoms with Crippen molar-refractivity contribution in [3.8, 4) is 11.4 Å². The van der Waals surface area contributed by atoms with Gasteiger partial charge in [0.25, 0.3) is 5.91 Å². The quantitative estimate of drug-likeness (QED) is 0.615. The molecule has 0 unspecified atom stereocenters. The van der Waals surface area contributed by atoms with Gasteiger partial charge in [-0.3, -0.25) is 4.79 Å². The van der Waals surface area contributed by atoms with Crippen LogP contribution in [-0.2, 0) is 16.6 Å². The van der Waals surface area contributed by atoms with E-state index >= 15 is 0 Å². The molecule has 0 N–H and O–H groups in total. The molecule has 8 nitrogen and oxygen atoms in total. The molecule has 0 radical (unpaired) electrons. The predicted molar refractivity (Wildman–Crippen MR) is 108 cm³/mol. The molecular formula is C20H22N4O4S. The van der Waals surface area contributed by atoms with Gasteiger partial charge in [-0.1, -0.05) is 35.5 Å². The number of rotatable bonds is 6. The lowest BCUT2D eigenvalue weighted by Gasteiger charge is -2.16. The van der Waals surface area contributed by atoms with Gasteiger partial charge in [-0.25, -0.2) is 12.7 Å². The highest BCUT2D eigenvalue weighted by Crippen LogP contribution is 2.21. The van der Waals surface area contributed by atoms with E-state index in [4.69, 9.17) is 4.52 Å². The zero-order valence-electron chi connectivity index (χ0n) is 16.7. The number of hydrogen-bond donors (Lipinski definition) is 0. The first-order valence-corrected chi connectivity index (χ1v) is 10.3. The summed E-state index contributed by atoms with van der Waals surface area (Å²) in [6, 6.07) is 13.6. The summed E-state index contributed by atoms with van der Waals surface area (Å²) in [5, 5.41) is 3.99. The van der Waals surface area contributed by atoms with E-state index in [9.17, 15) is 13.2 Å². The summed E-state index contributed by atoms with van der Waals surface area (Å²) in [6.07, 6.45) is 0. The molecule has 0 atom stereocenters. The number of nitrogens with zero attached hydrogens (tertiary/aromatic N) is 4. The minimum absolute atomic E-state index is 0.0568. The molecule has 0 aliphatic rings. The minimum atomic E-state index is -3.63. The van der Waals surface area contributed by atoms with E-state index in [1.165, 1.54) is 31.1 Å². The maximum atomic E-state index is 12.8. The smallest absolute Gasteiger partial charge is 0.254 e. The molecule has 0 fully saturated rings. The average Bonchev–Trinajstić information content (AvgIpc) is 3.15. The van der Waals surface area contributed by atoms with Crippen molar-refractivity contribution in [3.63, 3.8) is 0 Å². The lowest BCUT2D eigenvalue weighted by atomic mass is 10.1. The highest BCUT2D eigenvalue weighted by atomic mass is 32.2. The van der Waals surface area contributed by atoms with E-state index in [1.54, 1.807) is 19.2 Å². The summed E-state index contributed by atoms with van der Waals surface area (Å²) in [5.41, 5.74) is 2.13. The van der Waals surface area contributed by atoms with Crippen molar-refractivity contribution < 1.29 is 17.7 Å². The molecule has 1 heterocycles. The van der Waals surface area contributed by atoms with Crippen molar-refractivity contribution in [2.24, 2.45) is 0 Å². The van der Waals surface area contributed by atoms with Crippen molar-refractivity contribution in [1.29, 1.82) is 0 Å². The number of aryl methyl sites for hydroxylation is 1. The molecular weight excluding hydrogens is 392 g/mol. The molecule has 2 aromatic carbocycles. The third-order valence-corrected chi connectivity index (χ3v) is 6.24. The van der Waals surface area contributed by atoms with Crippen LogP contribution in [0.25, 0.3) is 11.4 Å². The van der Waals surface area contributed by atoms with Gasteiger partial charge in [0, 0.05) is 32.3 Å². The van der Waals surface area contributed by atoms with Crippen LogP contribution in [0, 0.1) is 6.92 Å². The van der Waals surface area contributed by atoms with Crippen LogP contribution in [0.4, 0.5) is 0 Å². The highest BCUT2D eigenvalue weighted by molar-refractivity contribution is 7.89. The maximum absolute atomic E-state index is 12.8. The topological polar surface area (TPSA) is 96.6 Å². The second-order valence-electron chi connectivity index (χ2n) is 6.80. The number of sulfonamides is 1. The normalized spacial score (nSPS) is 11.6. The molecule has 29 heavy (non-hydrogen) atoms.